The van der Waals surface area contributed by atoms with Crippen molar-refractivity contribution in [1.29, 1.82) is 0 Å². The van der Waals surface area contributed by atoms with E-state index in [9.17, 15) is 17.6 Å². The van der Waals surface area contributed by atoms with E-state index in [0.29, 0.717) is 23.0 Å². The number of carbonyl (C=O) groups excluding carboxylic acids is 1. The van der Waals surface area contributed by atoms with E-state index in [0.717, 1.165) is 35.9 Å². The van der Waals surface area contributed by atoms with Crippen LogP contribution >= 0.6 is 0 Å². The second-order valence-corrected chi connectivity index (χ2v) is 10.2. The van der Waals surface area contributed by atoms with Gasteiger partial charge in [0.25, 0.3) is 0 Å². The Morgan fingerprint density at radius 3 is 2.67 bits per heavy atom. The highest BCUT2D eigenvalue weighted by molar-refractivity contribution is 7.86. The van der Waals surface area contributed by atoms with Crippen LogP contribution in [0.5, 0.6) is 0 Å². The SMILES string of the molecule is Cc1nc2ccc(-c3nc(Nc4ccc(CS(=O)(=O)OC=O)cn4)ncc3F)cc2n1C1CCCC1. The monoisotopic (exact) mass is 510 g/mol. The Morgan fingerprint density at radius 2 is 1.94 bits per heavy atom. The maximum atomic E-state index is 14.8. The van der Waals surface area contributed by atoms with Gasteiger partial charge in [-0.3, -0.25) is 4.79 Å². The lowest BCUT2D eigenvalue weighted by Crippen LogP contribution is -2.08. The number of aromatic nitrogens is 5. The number of carbonyl (C=O) groups is 1. The van der Waals surface area contributed by atoms with Gasteiger partial charge in [0.15, 0.2) is 5.82 Å². The number of imidazole rings is 1. The molecule has 36 heavy (non-hydrogen) atoms. The van der Waals surface area contributed by atoms with Crippen LogP contribution in [0.2, 0.25) is 0 Å². The fourth-order valence-corrected chi connectivity index (χ4v) is 5.38. The summed E-state index contributed by atoms with van der Waals surface area (Å²) < 4.78 is 44.3. The molecule has 1 fully saturated rings. The third kappa shape index (κ3) is 4.89. The summed E-state index contributed by atoms with van der Waals surface area (Å²) in [7, 11) is -4.02. The number of anilines is 2. The maximum absolute atomic E-state index is 14.8. The number of nitrogens with one attached hydrogen (secondary N) is 1. The Hall–Kier alpha value is -3.93. The predicted octanol–water partition coefficient (Wildman–Crippen LogP) is 4.20. The third-order valence-corrected chi connectivity index (χ3v) is 7.23. The van der Waals surface area contributed by atoms with Crippen molar-refractivity contribution in [3.05, 3.63) is 59.9 Å². The Balaban J connectivity index is 1.41. The van der Waals surface area contributed by atoms with Crippen LogP contribution in [0.15, 0.2) is 42.7 Å². The van der Waals surface area contributed by atoms with Crippen LogP contribution < -0.4 is 5.32 Å². The molecule has 1 saturated carbocycles. The molecule has 0 unspecified atom stereocenters. The Labute approximate surface area is 206 Å². The number of hydrogen-bond acceptors (Lipinski definition) is 9. The Morgan fingerprint density at radius 1 is 1.14 bits per heavy atom. The first-order valence-electron chi connectivity index (χ1n) is 11.4. The summed E-state index contributed by atoms with van der Waals surface area (Å²) in [6.07, 6.45) is 7.00. The van der Waals surface area contributed by atoms with E-state index in [1.54, 1.807) is 6.07 Å². The van der Waals surface area contributed by atoms with Crippen molar-refractivity contribution in [2.45, 2.75) is 44.4 Å². The molecule has 0 amide bonds. The fourth-order valence-electron chi connectivity index (χ4n) is 4.61. The molecule has 0 aliphatic heterocycles. The molecule has 0 atom stereocenters. The summed E-state index contributed by atoms with van der Waals surface area (Å²) in [5.74, 6) is 0.335. The van der Waals surface area contributed by atoms with Gasteiger partial charge in [-0.25, -0.2) is 24.3 Å². The molecular weight excluding hydrogens is 487 g/mol. The van der Waals surface area contributed by atoms with Gasteiger partial charge in [-0.15, -0.1) is 0 Å². The van der Waals surface area contributed by atoms with Gasteiger partial charge in [0.1, 0.15) is 23.1 Å². The van der Waals surface area contributed by atoms with E-state index in [1.807, 2.05) is 19.1 Å². The second kappa shape index (κ2) is 9.61. The number of hydrogen-bond donors (Lipinski definition) is 1. The zero-order valence-electron chi connectivity index (χ0n) is 19.4. The summed E-state index contributed by atoms with van der Waals surface area (Å²) >= 11 is 0. The second-order valence-electron chi connectivity index (χ2n) is 8.63. The number of benzene rings is 1. The minimum atomic E-state index is -4.02. The van der Waals surface area contributed by atoms with Crippen molar-refractivity contribution in [2.75, 3.05) is 5.32 Å². The topological polar surface area (TPSA) is 129 Å². The third-order valence-electron chi connectivity index (χ3n) is 6.17. The first-order valence-corrected chi connectivity index (χ1v) is 13.0. The van der Waals surface area contributed by atoms with Crippen LogP contribution in [0.1, 0.15) is 43.1 Å². The van der Waals surface area contributed by atoms with Gasteiger partial charge < -0.3 is 14.1 Å². The molecule has 0 radical (unpaired) electrons. The van der Waals surface area contributed by atoms with Gasteiger partial charge in [-0.2, -0.15) is 8.42 Å². The number of aryl methyl sites for hydroxylation is 1. The molecule has 0 bridgehead atoms. The van der Waals surface area contributed by atoms with Gasteiger partial charge in [0.05, 0.1) is 17.2 Å². The van der Waals surface area contributed by atoms with Crippen molar-refractivity contribution >= 4 is 39.4 Å². The molecular formula is C24H23FN6O4S. The molecule has 4 aromatic rings. The van der Waals surface area contributed by atoms with Crippen LogP contribution in [0.3, 0.4) is 0 Å². The lowest BCUT2D eigenvalue weighted by atomic mass is 10.1. The quantitative estimate of drug-likeness (QED) is 0.274. The van der Waals surface area contributed by atoms with Crippen molar-refractivity contribution < 1.29 is 21.8 Å². The smallest absolute Gasteiger partial charge is 0.315 e. The maximum Gasteiger partial charge on any atom is 0.315 e. The van der Waals surface area contributed by atoms with Crippen molar-refractivity contribution in [1.82, 2.24) is 24.5 Å². The first-order chi connectivity index (χ1) is 17.3. The van der Waals surface area contributed by atoms with Crippen molar-refractivity contribution in [3.63, 3.8) is 0 Å². The Bertz CT molecular complexity index is 1530. The summed E-state index contributed by atoms with van der Waals surface area (Å²) in [6.45, 7) is 1.86. The molecule has 1 aromatic carbocycles. The molecule has 186 valence electrons. The summed E-state index contributed by atoms with van der Waals surface area (Å²) in [4.78, 5) is 27.5. The van der Waals surface area contributed by atoms with Crippen LogP contribution in [0.4, 0.5) is 16.2 Å². The molecule has 1 aliphatic rings. The van der Waals surface area contributed by atoms with E-state index in [1.165, 1.54) is 31.2 Å². The molecule has 1 aliphatic carbocycles. The molecule has 3 aromatic heterocycles. The van der Waals surface area contributed by atoms with E-state index in [4.69, 9.17) is 0 Å². The summed E-state index contributed by atoms with van der Waals surface area (Å²) in [5.41, 5.74) is 2.88. The molecule has 0 saturated heterocycles. The Kier molecular flexibility index (Phi) is 6.35. The minimum Gasteiger partial charge on any atom is -0.348 e. The highest BCUT2D eigenvalue weighted by Crippen LogP contribution is 2.35. The van der Waals surface area contributed by atoms with Gasteiger partial charge in [-0.1, -0.05) is 25.0 Å². The average molecular weight is 511 g/mol. The van der Waals surface area contributed by atoms with Crippen molar-refractivity contribution in [3.8, 4) is 11.3 Å². The number of fused-ring (bicyclic) bond motifs is 1. The van der Waals surface area contributed by atoms with E-state index in [2.05, 4.69) is 34.0 Å². The van der Waals surface area contributed by atoms with Crippen molar-refractivity contribution in [2.24, 2.45) is 0 Å². The highest BCUT2D eigenvalue weighted by atomic mass is 32.2. The van der Waals surface area contributed by atoms with E-state index >= 15 is 0 Å². The highest BCUT2D eigenvalue weighted by Gasteiger charge is 2.22. The van der Waals surface area contributed by atoms with Crippen LogP contribution in [-0.2, 0) is 24.8 Å². The summed E-state index contributed by atoms with van der Waals surface area (Å²) in [5, 5.41) is 2.90. The lowest BCUT2D eigenvalue weighted by Gasteiger charge is -2.15. The molecule has 5 rings (SSSR count). The van der Waals surface area contributed by atoms with Gasteiger partial charge in [-0.05, 0) is 43.5 Å². The minimum absolute atomic E-state index is 0.129. The molecule has 10 nitrogen and oxygen atoms in total. The number of pyridine rings is 1. The standard InChI is InChI=1S/C24H23FN6O4S/c1-15-28-20-8-7-17(10-21(20)31(15)18-4-2-3-5-18)23-19(25)12-27-24(30-23)29-22-9-6-16(11-26-22)13-36(33,34)35-14-32/h6-12,14,18H,2-5,13H2,1H3,(H,26,27,29,30). The van der Waals surface area contributed by atoms with Gasteiger partial charge in [0.2, 0.25) is 5.95 Å². The zero-order valence-corrected chi connectivity index (χ0v) is 20.2. The average Bonchev–Trinajstić information content (AvgIpc) is 3.47. The van der Waals surface area contributed by atoms with Gasteiger partial charge in [0, 0.05) is 17.8 Å². The lowest BCUT2D eigenvalue weighted by molar-refractivity contribution is -0.120. The predicted molar refractivity (Wildman–Crippen MR) is 130 cm³/mol. The summed E-state index contributed by atoms with van der Waals surface area (Å²) in [6, 6.07) is 9.00. The number of halogens is 1. The molecule has 1 N–H and O–H groups in total. The van der Waals surface area contributed by atoms with Crippen LogP contribution in [0, 0.1) is 12.7 Å². The van der Waals surface area contributed by atoms with Crippen LogP contribution in [0.25, 0.3) is 22.3 Å². The zero-order chi connectivity index (χ0) is 25.3. The fraction of sp³-hybridized carbons (Fsp3) is 0.292. The molecule has 12 heteroatoms. The number of rotatable bonds is 8. The molecule has 3 heterocycles. The molecule has 0 spiro atoms. The van der Waals surface area contributed by atoms with Crippen LogP contribution in [-0.4, -0.2) is 39.4 Å². The van der Waals surface area contributed by atoms with Gasteiger partial charge >= 0.3 is 16.6 Å². The number of nitrogens with zero attached hydrogens (tertiary/aromatic N) is 5. The van der Waals surface area contributed by atoms with E-state index < -0.39 is 21.7 Å². The normalized spacial score (nSPS) is 14.3. The first kappa shape index (κ1) is 23.8. The van der Waals surface area contributed by atoms with E-state index in [-0.39, 0.29) is 18.1 Å². The largest absolute Gasteiger partial charge is 0.348 e.